The van der Waals surface area contributed by atoms with Crippen LogP contribution in [0, 0.1) is 17.0 Å². The van der Waals surface area contributed by atoms with Gasteiger partial charge in [-0.1, -0.05) is 6.92 Å². The molecule has 8 nitrogen and oxygen atoms in total. The van der Waals surface area contributed by atoms with E-state index in [-0.39, 0.29) is 18.0 Å². The van der Waals surface area contributed by atoms with Crippen LogP contribution in [0.25, 0.3) is 0 Å². The second-order valence-electron chi connectivity index (χ2n) is 5.27. The molecule has 1 N–H and O–H groups in total. The summed E-state index contributed by atoms with van der Waals surface area (Å²) in [5.41, 5.74) is 0.268. The summed E-state index contributed by atoms with van der Waals surface area (Å²) in [6.07, 6.45) is 2.04. The predicted molar refractivity (Wildman–Crippen MR) is 79.2 cm³/mol. The maximum atomic E-state index is 11.8. The van der Waals surface area contributed by atoms with E-state index in [9.17, 15) is 18.5 Å². The van der Waals surface area contributed by atoms with E-state index < -0.39 is 20.0 Å². The van der Waals surface area contributed by atoms with E-state index in [2.05, 4.69) is 10.4 Å². The summed E-state index contributed by atoms with van der Waals surface area (Å²) in [7, 11) is -3.07. The van der Waals surface area contributed by atoms with Crippen molar-refractivity contribution in [3.63, 3.8) is 0 Å². The smallest absolute Gasteiger partial charge is 0.333 e. The molecule has 1 atom stereocenters. The van der Waals surface area contributed by atoms with Crippen LogP contribution < -0.4 is 5.32 Å². The standard InChI is InChI=1S/C12H20N4O4S/c1-3-6-15-12(11(16(17)18)9(2)14-15)13-8-10-5-4-7-21(10,19)20/h10,13H,3-8H2,1-2H3. The Morgan fingerprint density at radius 2 is 2.24 bits per heavy atom. The topological polar surface area (TPSA) is 107 Å². The highest BCUT2D eigenvalue weighted by Crippen LogP contribution is 2.29. The molecule has 118 valence electrons. The summed E-state index contributed by atoms with van der Waals surface area (Å²) >= 11 is 0. The molecular weight excluding hydrogens is 296 g/mol. The number of anilines is 1. The van der Waals surface area contributed by atoms with Crippen LogP contribution >= 0.6 is 0 Å². The summed E-state index contributed by atoms with van der Waals surface area (Å²) in [5.74, 6) is 0.510. The van der Waals surface area contributed by atoms with Crippen molar-refractivity contribution in [2.45, 2.75) is 44.9 Å². The summed E-state index contributed by atoms with van der Waals surface area (Å²) in [4.78, 5) is 10.7. The highest BCUT2D eigenvalue weighted by molar-refractivity contribution is 7.92. The lowest BCUT2D eigenvalue weighted by Gasteiger charge is -2.12. The third-order valence-electron chi connectivity index (χ3n) is 3.67. The average molecular weight is 316 g/mol. The molecule has 0 radical (unpaired) electrons. The Balaban J connectivity index is 2.23. The summed E-state index contributed by atoms with van der Waals surface area (Å²) in [6, 6.07) is 0. The van der Waals surface area contributed by atoms with E-state index in [0.29, 0.717) is 30.9 Å². The quantitative estimate of drug-likeness (QED) is 0.629. The van der Waals surface area contributed by atoms with Crippen molar-refractivity contribution < 1.29 is 13.3 Å². The Bertz CT molecular complexity index is 638. The number of nitrogens with one attached hydrogen (secondary N) is 1. The van der Waals surface area contributed by atoms with E-state index in [1.807, 2.05) is 6.92 Å². The maximum Gasteiger partial charge on any atom is 0.333 e. The maximum absolute atomic E-state index is 11.8. The highest BCUT2D eigenvalue weighted by atomic mass is 32.2. The van der Waals surface area contributed by atoms with Crippen LogP contribution in [0.1, 0.15) is 31.9 Å². The fourth-order valence-corrected chi connectivity index (χ4v) is 4.40. The van der Waals surface area contributed by atoms with Crippen molar-refractivity contribution in [2.75, 3.05) is 17.6 Å². The highest BCUT2D eigenvalue weighted by Gasteiger charge is 2.32. The van der Waals surface area contributed by atoms with Crippen molar-refractivity contribution >= 4 is 21.3 Å². The molecule has 1 aliphatic heterocycles. The zero-order chi connectivity index (χ0) is 15.6. The lowest BCUT2D eigenvalue weighted by Crippen LogP contribution is -2.26. The first-order valence-corrected chi connectivity index (χ1v) is 8.75. The Labute approximate surface area is 123 Å². The van der Waals surface area contributed by atoms with Crippen LogP contribution in [-0.2, 0) is 16.4 Å². The van der Waals surface area contributed by atoms with E-state index in [4.69, 9.17) is 0 Å². The first kappa shape index (κ1) is 15.7. The van der Waals surface area contributed by atoms with Gasteiger partial charge >= 0.3 is 5.69 Å². The first-order chi connectivity index (χ1) is 9.86. The lowest BCUT2D eigenvalue weighted by atomic mass is 10.2. The van der Waals surface area contributed by atoms with Crippen molar-refractivity contribution in [3.05, 3.63) is 15.8 Å². The molecule has 1 aromatic heterocycles. The Kier molecular flexibility index (Phi) is 4.50. The summed E-state index contributed by atoms with van der Waals surface area (Å²) < 4.78 is 25.2. The van der Waals surface area contributed by atoms with Gasteiger partial charge in [-0.05, 0) is 26.2 Å². The Hall–Kier alpha value is -1.64. The number of rotatable bonds is 6. The molecule has 1 unspecified atom stereocenters. The minimum atomic E-state index is -3.07. The molecule has 0 amide bonds. The first-order valence-electron chi connectivity index (χ1n) is 7.04. The Morgan fingerprint density at radius 3 is 2.76 bits per heavy atom. The van der Waals surface area contributed by atoms with Gasteiger partial charge in [0.1, 0.15) is 5.69 Å². The molecule has 0 aromatic carbocycles. The van der Waals surface area contributed by atoms with Gasteiger partial charge in [0.2, 0.25) is 5.82 Å². The van der Waals surface area contributed by atoms with E-state index in [1.54, 1.807) is 11.6 Å². The van der Waals surface area contributed by atoms with Gasteiger partial charge in [-0.2, -0.15) is 5.10 Å². The minimum Gasteiger partial charge on any atom is -0.363 e. The number of aryl methyl sites for hydroxylation is 2. The van der Waals surface area contributed by atoms with E-state index in [1.165, 1.54) is 0 Å². The molecule has 21 heavy (non-hydrogen) atoms. The molecule has 1 aromatic rings. The molecule has 9 heteroatoms. The second-order valence-corrected chi connectivity index (χ2v) is 7.68. The van der Waals surface area contributed by atoms with E-state index >= 15 is 0 Å². The number of nitro groups is 1. The number of nitrogens with zero attached hydrogens (tertiary/aromatic N) is 3. The molecule has 1 fully saturated rings. The fourth-order valence-electron chi connectivity index (χ4n) is 2.64. The Morgan fingerprint density at radius 1 is 1.52 bits per heavy atom. The van der Waals surface area contributed by atoms with Gasteiger partial charge in [0.05, 0.1) is 15.9 Å². The normalized spacial score (nSPS) is 20.6. The van der Waals surface area contributed by atoms with Gasteiger partial charge in [-0.15, -0.1) is 0 Å². The monoisotopic (exact) mass is 316 g/mol. The molecule has 2 rings (SSSR count). The number of hydrogen-bond donors (Lipinski definition) is 1. The molecule has 1 saturated heterocycles. The molecule has 1 aliphatic rings. The minimum absolute atomic E-state index is 0.0705. The molecular formula is C12H20N4O4S. The third-order valence-corrected chi connectivity index (χ3v) is 5.95. The van der Waals surface area contributed by atoms with Gasteiger partial charge in [0.15, 0.2) is 9.84 Å². The summed E-state index contributed by atoms with van der Waals surface area (Å²) in [5, 5.41) is 17.8. The zero-order valence-electron chi connectivity index (χ0n) is 12.2. The van der Waals surface area contributed by atoms with Crippen molar-refractivity contribution in [3.8, 4) is 0 Å². The van der Waals surface area contributed by atoms with Crippen LogP contribution in [-0.4, -0.2) is 40.7 Å². The van der Waals surface area contributed by atoms with Gasteiger partial charge in [-0.25, -0.2) is 13.1 Å². The molecule has 0 aliphatic carbocycles. The third kappa shape index (κ3) is 3.17. The molecule has 0 spiro atoms. The van der Waals surface area contributed by atoms with Crippen LogP contribution in [0.4, 0.5) is 11.5 Å². The van der Waals surface area contributed by atoms with Crippen LogP contribution in [0.3, 0.4) is 0 Å². The van der Waals surface area contributed by atoms with Crippen LogP contribution in [0.2, 0.25) is 0 Å². The summed E-state index contributed by atoms with van der Waals surface area (Å²) in [6.45, 7) is 4.28. The number of sulfone groups is 1. The number of hydrogen-bond acceptors (Lipinski definition) is 6. The molecule has 0 saturated carbocycles. The van der Waals surface area contributed by atoms with Crippen LogP contribution in [0.15, 0.2) is 0 Å². The largest absolute Gasteiger partial charge is 0.363 e. The second kappa shape index (κ2) is 6.00. The average Bonchev–Trinajstić information content (AvgIpc) is 2.87. The van der Waals surface area contributed by atoms with Gasteiger partial charge in [0.25, 0.3) is 0 Å². The predicted octanol–water partition coefficient (Wildman–Crippen LogP) is 1.50. The van der Waals surface area contributed by atoms with Crippen molar-refractivity contribution in [2.24, 2.45) is 0 Å². The van der Waals surface area contributed by atoms with Gasteiger partial charge in [0, 0.05) is 13.1 Å². The molecule has 0 bridgehead atoms. The SMILES string of the molecule is CCCn1nc(C)c([N+](=O)[O-])c1NCC1CCCS1(=O)=O. The molecule has 2 heterocycles. The number of aromatic nitrogens is 2. The fraction of sp³-hybridized carbons (Fsp3) is 0.750. The van der Waals surface area contributed by atoms with E-state index in [0.717, 1.165) is 6.42 Å². The lowest BCUT2D eigenvalue weighted by molar-refractivity contribution is -0.384. The van der Waals surface area contributed by atoms with Crippen molar-refractivity contribution in [1.29, 1.82) is 0 Å². The van der Waals surface area contributed by atoms with Crippen LogP contribution in [0.5, 0.6) is 0 Å². The van der Waals surface area contributed by atoms with Gasteiger partial charge < -0.3 is 5.32 Å². The van der Waals surface area contributed by atoms with Crippen molar-refractivity contribution in [1.82, 2.24) is 9.78 Å². The zero-order valence-corrected chi connectivity index (χ0v) is 13.0. The van der Waals surface area contributed by atoms with Gasteiger partial charge in [-0.3, -0.25) is 10.1 Å².